The second-order valence-corrected chi connectivity index (χ2v) is 6.70. The number of aliphatic carboxylic acids is 1. The first-order valence-corrected chi connectivity index (χ1v) is 8.71. The molecule has 0 aromatic heterocycles. The van der Waals surface area contributed by atoms with E-state index in [9.17, 15) is 9.59 Å². The van der Waals surface area contributed by atoms with E-state index in [-0.39, 0.29) is 31.0 Å². The highest BCUT2D eigenvalue weighted by molar-refractivity contribution is 5.85. The summed E-state index contributed by atoms with van der Waals surface area (Å²) in [5.74, 6) is -0.886. The van der Waals surface area contributed by atoms with Gasteiger partial charge >= 0.3 is 12.1 Å². The van der Waals surface area contributed by atoms with Crippen molar-refractivity contribution in [1.82, 2.24) is 10.6 Å². The maximum Gasteiger partial charge on any atom is 0.407 e. The zero-order chi connectivity index (χ0) is 18.1. The molecule has 7 heteroatoms. The Balaban J connectivity index is 0.00000210. The number of carbonyl (C=O) groups excluding carboxylic acids is 1. The molecule has 0 saturated carbocycles. The molecule has 0 unspecified atom stereocenters. The zero-order valence-corrected chi connectivity index (χ0v) is 15.4. The van der Waals surface area contributed by atoms with E-state index in [1.807, 2.05) is 24.3 Å². The SMILES string of the molecule is Cl.O=C(N[C@@H]1CN[C@H](C(=O)O)C1)OCC1c2ccccc2-c2ccccc21. The number of alkyl carbamates (subject to hydrolysis) is 1. The van der Waals surface area contributed by atoms with Gasteiger partial charge in [-0.1, -0.05) is 48.5 Å². The maximum atomic E-state index is 12.1. The van der Waals surface area contributed by atoms with Crippen molar-refractivity contribution < 1.29 is 19.4 Å². The van der Waals surface area contributed by atoms with Crippen molar-refractivity contribution in [3.63, 3.8) is 0 Å². The summed E-state index contributed by atoms with van der Waals surface area (Å²) in [5, 5.41) is 14.6. The lowest BCUT2D eigenvalue weighted by atomic mass is 9.98. The largest absolute Gasteiger partial charge is 0.480 e. The first-order valence-electron chi connectivity index (χ1n) is 8.71. The number of ether oxygens (including phenoxy) is 1. The second-order valence-electron chi connectivity index (χ2n) is 6.70. The maximum absolute atomic E-state index is 12.1. The van der Waals surface area contributed by atoms with Crippen molar-refractivity contribution >= 4 is 24.5 Å². The number of carboxylic acids is 1. The molecule has 1 aliphatic carbocycles. The fourth-order valence-corrected chi connectivity index (χ4v) is 3.84. The Morgan fingerprint density at radius 2 is 1.67 bits per heavy atom. The summed E-state index contributed by atoms with van der Waals surface area (Å²) in [6.07, 6.45) is -0.149. The summed E-state index contributed by atoms with van der Waals surface area (Å²) < 4.78 is 5.47. The van der Waals surface area contributed by atoms with E-state index >= 15 is 0 Å². The molecule has 0 radical (unpaired) electrons. The minimum Gasteiger partial charge on any atom is -0.480 e. The van der Waals surface area contributed by atoms with Crippen LogP contribution in [0.15, 0.2) is 48.5 Å². The zero-order valence-electron chi connectivity index (χ0n) is 14.6. The highest BCUT2D eigenvalue weighted by atomic mass is 35.5. The number of benzene rings is 2. The fraction of sp³-hybridized carbons (Fsp3) is 0.300. The van der Waals surface area contributed by atoms with Gasteiger partial charge < -0.3 is 20.5 Å². The third-order valence-electron chi connectivity index (χ3n) is 5.09. The van der Waals surface area contributed by atoms with Crippen LogP contribution in [0, 0.1) is 0 Å². The number of halogens is 1. The Kier molecular flexibility index (Phi) is 5.68. The van der Waals surface area contributed by atoms with Gasteiger partial charge in [-0.3, -0.25) is 4.79 Å². The molecular formula is C20H21ClN2O4. The summed E-state index contributed by atoms with van der Waals surface area (Å²) >= 11 is 0. The van der Waals surface area contributed by atoms with Crippen LogP contribution < -0.4 is 10.6 Å². The van der Waals surface area contributed by atoms with E-state index in [0.29, 0.717) is 13.0 Å². The molecule has 1 amide bonds. The van der Waals surface area contributed by atoms with Gasteiger partial charge in [0, 0.05) is 18.5 Å². The molecule has 4 rings (SSSR count). The third kappa shape index (κ3) is 3.77. The van der Waals surface area contributed by atoms with Gasteiger partial charge in [-0.25, -0.2) is 4.79 Å². The van der Waals surface area contributed by atoms with Crippen LogP contribution in [0.4, 0.5) is 4.79 Å². The molecule has 0 spiro atoms. The monoisotopic (exact) mass is 388 g/mol. The van der Waals surface area contributed by atoms with Gasteiger partial charge in [0.1, 0.15) is 12.6 Å². The van der Waals surface area contributed by atoms with Gasteiger partial charge in [0.05, 0.1) is 0 Å². The van der Waals surface area contributed by atoms with Crippen LogP contribution >= 0.6 is 12.4 Å². The molecule has 6 nitrogen and oxygen atoms in total. The van der Waals surface area contributed by atoms with Crippen molar-refractivity contribution in [3.05, 3.63) is 59.7 Å². The second kappa shape index (κ2) is 7.98. The molecule has 2 aromatic carbocycles. The summed E-state index contributed by atoms with van der Waals surface area (Å²) in [7, 11) is 0. The molecule has 3 N–H and O–H groups in total. The van der Waals surface area contributed by atoms with Crippen molar-refractivity contribution in [2.75, 3.05) is 13.2 Å². The van der Waals surface area contributed by atoms with Crippen LogP contribution in [-0.4, -0.2) is 42.4 Å². The normalized spacial score (nSPS) is 20.3. The lowest BCUT2D eigenvalue weighted by Crippen LogP contribution is -2.37. The fourth-order valence-electron chi connectivity index (χ4n) is 3.84. The molecule has 1 fully saturated rings. The van der Waals surface area contributed by atoms with Crippen LogP contribution in [0.2, 0.25) is 0 Å². The number of amides is 1. The Bertz CT molecular complexity index is 812. The highest BCUT2D eigenvalue weighted by Crippen LogP contribution is 2.44. The number of fused-ring (bicyclic) bond motifs is 3. The summed E-state index contributed by atoms with van der Waals surface area (Å²) in [6.45, 7) is 0.684. The van der Waals surface area contributed by atoms with E-state index in [2.05, 4.69) is 34.9 Å². The van der Waals surface area contributed by atoms with Crippen LogP contribution in [0.1, 0.15) is 23.5 Å². The number of carboxylic acid groups (broad SMARTS) is 1. The summed E-state index contributed by atoms with van der Waals surface area (Å²) in [5.41, 5.74) is 4.69. The van der Waals surface area contributed by atoms with Crippen molar-refractivity contribution in [2.24, 2.45) is 0 Å². The first kappa shape index (κ1) is 19.2. The number of carbonyl (C=O) groups is 2. The molecule has 1 heterocycles. The molecule has 1 saturated heterocycles. The van der Waals surface area contributed by atoms with Crippen LogP contribution in [0.3, 0.4) is 0 Å². The molecule has 2 aromatic rings. The van der Waals surface area contributed by atoms with E-state index < -0.39 is 18.1 Å². The van der Waals surface area contributed by atoms with Crippen molar-refractivity contribution in [1.29, 1.82) is 0 Å². The molecule has 2 aliphatic rings. The molecule has 142 valence electrons. The minimum absolute atomic E-state index is 0. The Morgan fingerprint density at radius 3 is 2.22 bits per heavy atom. The molecular weight excluding hydrogens is 368 g/mol. The summed E-state index contributed by atoms with van der Waals surface area (Å²) in [6, 6.07) is 15.5. The van der Waals surface area contributed by atoms with Crippen LogP contribution in [-0.2, 0) is 9.53 Å². The smallest absolute Gasteiger partial charge is 0.407 e. The van der Waals surface area contributed by atoms with Gasteiger partial charge in [0.2, 0.25) is 0 Å². The van der Waals surface area contributed by atoms with E-state index in [1.54, 1.807) is 0 Å². The molecule has 27 heavy (non-hydrogen) atoms. The standard InChI is InChI=1S/C20H20N2O4.ClH/c23-19(24)18-9-12(10-21-18)22-20(25)26-11-17-15-7-3-1-5-13(15)14-6-2-4-8-16(14)17;/h1-8,12,17-18,21H,9-11H2,(H,22,25)(H,23,24);1H/t12-,18-;/m0./s1. The van der Waals surface area contributed by atoms with E-state index in [0.717, 1.165) is 11.1 Å². The lowest BCUT2D eigenvalue weighted by molar-refractivity contribution is -0.139. The average Bonchev–Trinajstić information content (AvgIpc) is 3.23. The Morgan fingerprint density at radius 1 is 1.07 bits per heavy atom. The number of hydrogen-bond donors (Lipinski definition) is 3. The van der Waals surface area contributed by atoms with Gasteiger partial charge in [-0.2, -0.15) is 0 Å². The summed E-state index contributed by atoms with van der Waals surface area (Å²) in [4.78, 5) is 23.1. The average molecular weight is 389 g/mol. The van der Waals surface area contributed by atoms with Crippen molar-refractivity contribution in [2.45, 2.75) is 24.4 Å². The number of rotatable bonds is 4. The van der Waals surface area contributed by atoms with E-state index in [4.69, 9.17) is 9.84 Å². The van der Waals surface area contributed by atoms with Crippen LogP contribution in [0.5, 0.6) is 0 Å². The van der Waals surface area contributed by atoms with Gasteiger partial charge in [-0.05, 0) is 28.7 Å². The lowest BCUT2D eigenvalue weighted by Gasteiger charge is -2.16. The number of hydrogen-bond acceptors (Lipinski definition) is 4. The highest BCUT2D eigenvalue weighted by Gasteiger charge is 2.32. The molecule has 0 bridgehead atoms. The first-order chi connectivity index (χ1) is 12.6. The predicted octanol–water partition coefficient (Wildman–Crippen LogP) is 2.76. The quantitative estimate of drug-likeness (QED) is 0.749. The molecule has 2 atom stereocenters. The van der Waals surface area contributed by atoms with Gasteiger partial charge in [-0.15, -0.1) is 12.4 Å². The topological polar surface area (TPSA) is 87.7 Å². The molecule has 1 aliphatic heterocycles. The Hall–Kier alpha value is -2.57. The third-order valence-corrected chi connectivity index (χ3v) is 5.09. The predicted molar refractivity (Wildman–Crippen MR) is 103 cm³/mol. The minimum atomic E-state index is -0.901. The van der Waals surface area contributed by atoms with E-state index in [1.165, 1.54) is 11.1 Å². The van der Waals surface area contributed by atoms with Gasteiger partial charge in [0.15, 0.2) is 0 Å². The van der Waals surface area contributed by atoms with Crippen molar-refractivity contribution in [3.8, 4) is 11.1 Å². The number of nitrogens with one attached hydrogen (secondary N) is 2. The Labute approximate surface area is 163 Å². The van der Waals surface area contributed by atoms with Gasteiger partial charge in [0.25, 0.3) is 0 Å². The van der Waals surface area contributed by atoms with Crippen LogP contribution in [0.25, 0.3) is 11.1 Å².